The van der Waals surface area contributed by atoms with Crippen molar-refractivity contribution in [1.82, 2.24) is 0 Å². The molecule has 248 valence electrons. The fourth-order valence-corrected chi connectivity index (χ4v) is 9.81. The second-order valence-electron chi connectivity index (χ2n) is 15.5. The molecule has 1 aromatic carbocycles. The molecule has 9 nitrogen and oxygen atoms in total. The normalized spacial score (nSPS) is 39.5. The average molecular weight is 634 g/mol. The van der Waals surface area contributed by atoms with Crippen molar-refractivity contribution in [3.8, 4) is 0 Å². The predicted molar refractivity (Wildman–Crippen MR) is 169 cm³/mol. The Morgan fingerprint density at radius 2 is 1.61 bits per heavy atom. The molecular weight excluding hydrogens is 586 g/mol. The summed E-state index contributed by atoms with van der Waals surface area (Å²) in [4.78, 5) is 57.3. The Morgan fingerprint density at radius 1 is 0.957 bits per heavy atom. The van der Waals surface area contributed by atoms with Crippen LogP contribution in [0.25, 0.3) is 0 Å². The first-order valence-corrected chi connectivity index (χ1v) is 17.2. The molecule has 9 heteroatoms. The largest absolute Gasteiger partial charge is 0.462 e. The van der Waals surface area contributed by atoms with Crippen LogP contribution in [0.2, 0.25) is 0 Å². The first kappa shape index (κ1) is 31.6. The predicted octanol–water partition coefficient (Wildman–Crippen LogP) is 5.50. The molecule has 3 saturated heterocycles. The van der Waals surface area contributed by atoms with E-state index < -0.39 is 22.7 Å². The molecule has 4 heterocycles. The molecule has 2 saturated carbocycles. The number of esters is 2. The van der Waals surface area contributed by atoms with Gasteiger partial charge in [-0.1, -0.05) is 45.8 Å². The molecule has 1 aromatic rings. The molecule has 2 amide bonds. The maximum Gasteiger partial charge on any atom is 0.338 e. The number of benzene rings is 1. The number of carbonyl (C=O) groups excluding carboxylic acids is 4. The Bertz CT molecular complexity index is 1460. The highest BCUT2D eigenvalue weighted by Gasteiger charge is 2.67. The lowest BCUT2D eigenvalue weighted by Gasteiger charge is -2.65. The molecule has 4 aliphatic heterocycles. The summed E-state index contributed by atoms with van der Waals surface area (Å²) in [5.41, 5.74) is 0.221. The standard InChI is InChI=1S/C37H47NO8/c1-21(2)28-16-37-14-11-29-35(4,12-6-13-36(29,5)34(42)46-20-26-18-44-26)30(37)15-27(28)22(3)31(39)38(33(37)41)24-9-7-23(8-10-24)32(40)45-19-25-17-43-25/h7-10,16,21-22,25-27,29-30H,6,11-15,17-20H2,1-5H3. The van der Waals surface area contributed by atoms with E-state index in [0.717, 1.165) is 25.7 Å². The summed E-state index contributed by atoms with van der Waals surface area (Å²) in [5.74, 6) is -1.20. The third-order valence-electron chi connectivity index (χ3n) is 12.5. The number of hydrogen-bond acceptors (Lipinski definition) is 8. The Balaban J connectivity index is 1.25. The van der Waals surface area contributed by atoms with Gasteiger partial charge in [0, 0.05) is 5.92 Å². The van der Waals surface area contributed by atoms with Gasteiger partial charge in [0.05, 0.1) is 35.3 Å². The van der Waals surface area contributed by atoms with Crippen molar-refractivity contribution >= 4 is 29.4 Å². The van der Waals surface area contributed by atoms with Crippen LogP contribution in [0, 0.1) is 45.8 Å². The summed E-state index contributed by atoms with van der Waals surface area (Å²) in [6.45, 7) is 12.4. The summed E-state index contributed by atoms with van der Waals surface area (Å²) in [5, 5.41) is 0. The molecule has 9 atom stereocenters. The zero-order valence-corrected chi connectivity index (χ0v) is 27.7. The third kappa shape index (κ3) is 5.04. The van der Waals surface area contributed by atoms with Crippen molar-refractivity contribution in [3.05, 3.63) is 41.5 Å². The van der Waals surface area contributed by atoms with Gasteiger partial charge in [0.2, 0.25) is 11.8 Å². The van der Waals surface area contributed by atoms with Crippen LogP contribution < -0.4 is 4.90 Å². The van der Waals surface area contributed by atoms with Crippen molar-refractivity contribution in [2.24, 2.45) is 45.8 Å². The highest BCUT2D eigenvalue weighted by Crippen LogP contribution is 2.69. The number of anilines is 1. The van der Waals surface area contributed by atoms with Gasteiger partial charge < -0.3 is 18.9 Å². The molecule has 3 aliphatic carbocycles. The van der Waals surface area contributed by atoms with Gasteiger partial charge in [0.1, 0.15) is 25.4 Å². The van der Waals surface area contributed by atoms with Gasteiger partial charge in [-0.25, -0.2) is 9.69 Å². The zero-order chi connectivity index (χ0) is 32.6. The SMILES string of the molecule is CC(C)C1=CC23CCC4C(C)(C(=O)OCC5CO5)CCCC4(C)C2CC1C(C)C(=O)N(c1ccc(C(=O)OCC2CO2)cc1)C3=O. The molecule has 0 N–H and O–H groups in total. The fraction of sp³-hybridized carbons (Fsp3) is 0.676. The van der Waals surface area contributed by atoms with E-state index in [0.29, 0.717) is 43.9 Å². The lowest BCUT2D eigenvalue weighted by Crippen LogP contribution is -2.65. The van der Waals surface area contributed by atoms with Crippen molar-refractivity contribution in [3.63, 3.8) is 0 Å². The summed E-state index contributed by atoms with van der Waals surface area (Å²) in [6, 6.07) is 6.62. The van der Waals surface area contributed by atoms with E-state index in [2.05, 4.69) is 33.8 Å². The molecule has 46 heavy (non-hydrogen) atoms. The highest BCUT2D eigenvalue weighted by molar-refractivity contribution is 6.18. The molecule has 0 aromatic heterocycles. The van der Waals surface area contributed by atoms with Crippen LogP contribution in [0.3, 0.4) is 0 Å². The molecular formula is C37H47NO8. The molecule has 9 unspecified atom stereocenters. The summed E-state index contributed by atoms with van der Waals surface area (Å²) < 4.78 is 21.6. The number of amides is 2. The van der Waals surface area contributed by atoms with Gasteiger partial charge in [-0.15, -0.1) is 0 Å². The Kier molecular flexibility index (Phi) is 7.75. The van der Waals surface area contributed by atoms with Gasteiger partial charge >= 0.3 is 11.9 Å². The first-order chi connectivity index (χ1) is 21.9. The molecule has 0 radical (unpaired) electrons. The number of ether oxygens (including phenoxy) is 4. The quantitative estimate of drug-likeness (QED) is 0.160. The van der Waals surface area contributed by atoms with Gasteiger partial charge in [-0.3, -0.25) is 14.4 Å². The van der Waals surface area contributed by atoms with E-state index in [1.165, 1.54) is 10.5 Å². The zero-order valence-electron chi connectivity index (χ0n) is 27.7. The summed E-state index contributed by atoms with van der Waals surface area (Å²) in [7, 11) is 0. The topological polar surface area (TPSA) is 115 Å². The van der Waals surface area contributed by atoms with Crippen molar-refractivity contribution < 1.29 is 38.1 Å². The number of allylic oxidation sites excluding steroid dienone is 1. The smallest absolute Gasteiger partial charge is 0.338 e. The van der Waals surface area contributed by atoms with E-state index in [1.54, 1.807) is 24.3 Å². The van der Waals surface area contributed by atoms with E-state index in [1.807, 2.05) is 6.92 Å². The number of fused-ring (bicyclic) bond motifs is 4. The average Bonchev–Trinajstić information content (AvgIpc) is 3.97. The molecule has 8 rings (SSSR count). The van der Waals surface area contributed by atoms with Crippen molar-refractivity contribution in [2.75, 3.05) is 31.3 Å². The lowest BCUT2D eigenvalue weighted by molar-refractivity contribution is -0.185. The van der Waals surface area contributed by atoms with E-state index >= 15 is 4.79 Å². The third-order valence-corrected chi connectivity index (χ3v) is 12.5. The van der Waals surface area contributed by atoms with Crippen LogP contribution in [0.4, 0.5) is 5.69 Å². The lowest BCUT2D eigenvalue weighted by atomic mass is 9.39. The molecule has 1 spiro atoms. The second-order valence-corrected chi connectivity index (χ2v) is 15.5. The van der Waals surface area contributed by atoms with Gasteiger partial charge in [-0.05, 0) is 92.4 Å². The van der Waals surface area contributed by atoms with Crippen LogP contribution in [0.15, 0.2) is 35.9 Å². The monoisotopic (exact) mass is 633 g/mol. The maximum absolute atomic E-state index is 15.2. The van der Waals surface area contributed by atoms with Crippen molar-refractivity contribution in [2.45, 2.75) is 85.4 Å². The second kappa shape index (κ2) is 11.3. The Morgan fingerprint density at radius 3 is 2.24 bits per heavy atom. The van der Waals surface area contributed by atoms with Crippen LogP contribution in [0.5, 0.6) is 0 Å². The molecule has 5 fully saturated rings. The number of rotatable bonds is 8. The minimum atomic E-state index is -0.872. The van der Waals surface area contributed by atoms with Crippen LogP contribution in [-0.4, -0.2) is 62.4 Å². The van der Waals surface area contributed by atoms with E-state index in [9.17, 15) is 14.4 Å². The van der Waals surface area contributed by atoms with E-state index in [4.69, 9.17) is 18.9 Å². The highest BCUT2D eigenvalue weighted by atomic mass is 16.6. The number of epoxide rings is 2. The summed E-state index contributed by atoms with van der Waals surface area (Å²) in [6.07, 6.45) is 6.83. The van der Waals surface area contributed by atoms with Crippen LogP contribution >= 0.6 is 0 Å². The number of hydrogen-bond donors (Lipinski definition) is 0. The van der Waals surface area contributed by atoms with Crippen molar-refractivity contribution in [1.29, 1.82) is 0 Å². The Labute approximate surface area is 271 Å². The maximum atomic E-state index is 15.2. The van der Waals surface area contributed by atoms with Gasteiger partial charge in [0.25, 0.3) is 0 Å². The van der Waals surface area contributed by atoms with Crippen LogP contribution in [-0.2, 0) is 33.3 Å². The minimum Gasteiger partial charge on any atom is -0.462 e. The number of nitrogens with zero attached hydrogens (tertiary/aromatic N) is 1. The number of carbonyl (C=O) groups is 4. The number of imide groups is 1. The molecule has 7 aliphatic rings. The fourth-order valence-electron chi connectivity index (χ4n) is 9.81. The van der Waals surface area contributed by atoms with Gasteiger partial charge in [0.15, 0.2) is 0 Å². The summed E-state index contributed by atoms with van der Waals surface area (Å²) >= 11 is 0. The molecule has 2 bridgehead atoms. The Hall–Kier alpha value is -3.04. The van der Waals surface area contributed by atoms with Gasteiger partial charge in [-0.2, -0.15) is 0 Å². The van der Waals surface area contributed by atoms with Crippen LogP contribution in [0.1, 0.15) is 83.5 Å². The first-order valence-electron chi connectivity index (χ1n) is 17.2. The van der Waals surface area contributed by atoms with E-state index in [-0.39, 0.29) is 65.7 Å². The minimum absolute atomic E-state index is 0.0113.